The molecule has 1 aromatic carbocycles. The number of rotatable bonds is 7. The summed E-state index contributed by atoms with van der Waals surface area (Å²) in [5.74, 6) is 0. The number of nitrogens with zero attached hydrogens (tertiary/aromatic N) is 1. The molecule has 2 N–H and O–H groups in total. The Morgan fingerprint density at radius 2 is 1.92 bits per heavy atom. The minimum absolute atomic E-state index is 0.238. The number of ether oxygens (including phenoxy) is 1. The van der Waals surface area contributed by atoms with Gasteiger partial charge < -0.3 is 20.3 Å². The molecule has 1 amide bonds. The summed E-state index contributed by atoms with van der Waals surface area (Å²) in [6.45, 7) is 1.38. The molecule has 2 aliphatic rings. The van der Waals surface area contributed by atoms with Gasteiger partial charge in [-0.25, -0.2) is 4.79 Å². The maximum atomic E-state index is 11.8. The Hall–Kier alpha value is -1.59. The van der Waals surface area contributed by atoms with E-state index < -0.39 is 0 Å². The summed E-state index contributed by atoms with van der Waals surface area (Å²) in [6, 6.07) is 10.5. The minimum atomic E-state index is -0.314. The molecule has 0 aliphatic heterocycles. The third kappa shape index (κ3) is 4.08. The second kappa shape index (κ2) is 7.53. The highest BCUT2D eigenvalue weighted by atomic mass is 16.5. The molecule has 0 heterocycles. The summed E-state index contributed by atoms with van der Waals surface area (Å²) in [7, 11) is 4.35. The van der Waals surface area contributed by atoms with E-state index in [-0.39, 0.29) is 12.1 Å². The van der Waals surface area contributed by atoms with E-state index in [0.29, 0.717) is 18.2 Å². The molecule has 5 nitrogen and oxygen atoms in total. The first-order valence-electron chi connectivity index (χ1n) is 8.95. The molecular weight excluding hydrogens is 302 g/mol. The van der Waals surface area contributed by atoms with Gasteiger partial charge in [0.2, 0.25) is 0 Å². The molecule has 0 bridgehead atoms. The van der Waals surface area contributed by atoms with E-state index in [2.05, 4.69) is 29.6 Å². The van der Waals surface area contributed by atoms with Crippen LogP contribution < -0.4 is 10.6 Å². The monoisotopic (exact) mass is 331 g/mol. The number of hydrogen-bond acceptors (Lipinski definition) is 4. The largest absolute Gasteiger partial charge is 0.445 e. The number of benzene rings is 1. The molecule has 2 fully saturated rings. The standard InChI is InChI=1S/C19H29N3O2/c1-22(2)19(9-6-10-19)14-20-16-11-17(12-16)21-18(23)24-13-15-7-4-3-5-8-15/h3-5,7-8,16-17,20H,6,9-14H2,1-2H3,(H,21,23). The zero-order chi connectivity index (χ0) is 17.0. The van der Waals surface area contributed by atoms with Gasteiger partial charge in [0.05, 0.1) is 0 Å². The molecule has 2 saturated carbocycles. The molecule has 0 atom stereocenters. The van der Waals surface area contributed by atoms with Crippen LogP contribution in [-0.4, -0.2) is 49.3 Å². The van der Waals surface area contributed by atoms with Gasteiger partial charge in [-0.05, 0) is 51.8 Å². The van der Waals surface area contributed by atoms with Crippen LogP contribution in [0.25, 0.3) is 0 Å². The SMILES string of the molecule is CN(C)C1(CNC2CC(NC(=O)OCc3ccccc3)C2)CCC1. The van der Waals surface area contributed by atoms with Gasteiger partial charge >= 0.3 is 6.09 Å². The first kappa shape index (κ1) is 17.2. The molecule has 24 heavy (non-hydrogen) atoms. The number of nitrogens with one attached hydrogen (secondary N) is 2. The third-order valence-electron chi connectivity index (χ3n) is 5.63. The number of amides is 1. The average Bonchev–Trinajstić information content (AvgIpc) is 2.49. The zero-order valence-corrected chi connectivity index (χ0v) is 14.8. The predicted octanol–water partition coefficient (Wildman–Crippen LogP) is 2.52. The molecule has 2 aliphatic carbocycles. The Bertz CT molecular complexity index is 537. The van der Waals surface area contributed by atoms with Crippen molar-refractivity contribution in [3.63, 3.8) is 0 Å². The summed E-state index contributed by atoms with van der Waals surface area (Å²) in [5.41, 5.74) is 1.36. The fraction of sp³-hybridized carbons (Fsp3) is 0.632. The normalized spacial score (nSPS) is 24.8. The van der Waals surface area contributed by atoms with E-state index in [1.807, 2.05) is 30.3 Å². The van der Waals surface area contributed by atoms with Crippen LogP contribution in [0.4, 0.5) is 4.79 Å². The number of carbonyl (C=O) groups excluding carboxylic acids is 1. The van der Waals surface area contributed by atoms with Crippen molar-refractivity contribution in [2.45, 2.75) is 56.3 Å². The van der Waals surface area contributed by atoms with E-state index >= 15 is 0 Å². The van der Waals surface area contributed by atoms with Gasteiger partial charge in [0.25, 0.3) is 0 Å². The lowest BCUT2D eigenvalue weighted by Crippen LogP contribution is -2.60. The van der Waals surface area contributed by atoms with Gasteiger partial charge in [0, 0.05) is 24.2 Å². The van der Waals surface area contributed by atoms with E-state index in [9.17, 15) is 4.79 Å². The van der Waals surface area contributed by atoms with Crippen molar-refractivity contribution in [3.8, 4) is 0 Å². The quantitative estimate of drug-likeness (QED) is 0.806. The summed E-state index contributed by atoms with van der Waals surface area (Å²) in [4.78, 5) is 14.2. The fourth-order valence-corrected chi connectivity index (χ4v) is 3.54. The van der Waals surface area contributed by atoms with Crippen LogP contribution in [0.3, 0.4) is 0 Å². The van der Waals surface area contributed by atoms with Crippen LogP contribution in [0.1, 0.15) is 37.7 Å². The molecule has 0 unspecified atom stereocenters. The summed E-state index contributed by atoms with van der Waals surface area (Å²) < 4.78 is 5.26. The van der Waals surface area contributed by atoms with Crippen molar-refractivity contribution in [1.29, 1.82) is 0 Å². The third-order valence-corrected chi connectivity index (χ3v) is 5.63. The Labute approximate surface area is 144 Å². The second-order valence-electron chi connectivity index (χ2n) is 7.42. The Kier molecular flexibility index (Phi) is 5.41. The molecule has 3 rings (SSSR count). The second-order valence-corrected chi connectivity index (χ2v) is 7.42. The van der Waals surface area contributed by atoms with Gasteiger partial charge in [0.1, 0.15) is 6.61 Å². The Balaban J connectivity index is 1.30. The molecule has 5 heteroatoms. The zero-order valence-electron chi connectivity index (χ0n) is 14.8. The lowest BCUT2D eigenvalue weighted by atomic mass is 9.75. The van der Waals surface area contributed by atoms with Crippen LogP contribution in [0.15, 0.2) is 30.3 Å². The molecule has 132 valence electrons. The molecule has 0 radical (unpaired) electrons. The van der Waals surface area contributed by atoms with E-state index in [1.165, 1.54) is 19.3 Å². The van der Waals surface area contributed by atoms with Crippen LogP contribution in [0, 0.1) is 0 Å². The van der Waals surface area contributed by atoms with Crippen LogP contribution >= 0.6 is 0 Å². The van der Waals surface area contributed by atoms with Crippen LogP contribution in [-0.2, 0) is 11.3 Å². The maximum Gasteiger partial charge on any atom is 0.407 e. The lowest BCUT2D eigenvalue weighted by molar-refractivity contribution is 0.0511. The van der Waals surface area contributed by atoms with Crippen molar-refractivity contribution in [2.24, 2.45) is 0 Å². The van der Waals surface area contributed by atoms with E-state index in [0.717, 1.165) is 24.9 Å². The van der Waals surface area contributed by atoms with Crippen molar-refractivity contribution < 1.29 is 9.53 Å². The van der Waals surface area contributed by atoms with Gasteiger partial charge in [-0.15, -0.1) is 0 Å². The van der Waals surface area contributed by atoms with Gasteiger partial charge in [-0.2, -0.15) is 0 Å². The fourth-order valence-electron chi connectivity index (χ4n) is 3.54. The maximum absolute atomic E-state index is 11.8. The molecule has 0 saturated heterocycles. The first-order chi connectivity index (χ1) is 11.6. The highest BCUT2D eigenvalue weighted by molar-refractivity contribution is 5.67. The molecule has 0 spiro atoms. The first-order valence-corrected chi connectivity index (χ1v) is 8.95. The number of alkyl carbamates (subject to hydrolysis) is 1. The van der Waals surface area contributed by atoms with E-state index in [1.54, 1.807) is 0 Å². The van der Waals surface area contributed by atoms with Crippen molar-refractivity contribution in [2.75, 3.05) is 20.6 Å². The smallest absolute Gasteiger partial charge is 0.407 e. The summed E-state index contributed by atoms with van der Waals surface area (Å²) in [5, 5.41) is 6.62. The molecular formula is C19H29N3O2. The van der Waals surface area contributed by atoms with Gasteiger partial charge in [0.15, 0.2) is 0 Å². The topological polar surface area (TPSA) is 53.6 Å². The summed E-state index contributed by atoms with van der Waals surface area (Å²) in [6.07, 6.45) is 5.57. The van der Waals surface area contributed by atoms with Crippen LogP contribution in [0.2, 0.25) is 0 Å². The van der Waals surface area contributed by atoms with Crippen molar-refractivity contribution in [3.05, 3.63) is 35.9 Å². The Morgan fingerprint density at radius 1 is 1.21 bits per heavy atom. The average molecular weight is 331 g/mol. The van der Waals surface area contributed by atoms with Crippen molar-refractivity contribution >= 4 is 6.09 Å². The van der Waals surface area contributed by atoms with Gasteiger partial charge in [-0.1, -0.05) is 30.3 Å². The summed E-state index contributed by atoms with van der Waals surface area (Å²) >= 11 is 0. The lowest BCUT2D eigenvalue weighted by Gasteiger charge is -2.49. The van der Waals surface area contributed by atoms with Crippen molar-refractivity contribution in [1.82, 2.24) is 15.5 Å². The Morgan fingerprint density at radius 3 is 2.50 bits per heavy atom. The number of carbonyl (C=O) groups is 1. The minimum Gasteiger partial charge on any atom is -0.445 e. The number of likely N-dealkylation sites (N-methyl/N-ethyl adjacent to an activating group) is 1. The molecule has 1 aromatic rings. The van der Waals surface area contributed by atoms with Gasteiger partial charge in [-0.3, -0.25) is 0 Å². The predicted molar refractivity (Wildman–Crippen MR) is 94.8 cm³/mol. The highest BCUT2D eigenvalue weighted by Crippen LogP contribution is 2.36. The van der Waals surface area contributed by atoms with Crippen LogP contribution in [0.5, 0.6) is 0 Å². The van der Waals surface area contributed by atoms with E-state index in [4.69, 9.17) is 4.74 Å². The highest BCUT2D eigenvalue weighted by Gasteiger charge is 2.40. The molecule has 0 aromatic heterocycles. The number of hydrogen-bond donors (Lipinski definition) is 2.